The highest BCUT2D eigenvalue weighted by Crippen LogP contribution is 2.27. The van der Waals surface area contributed by atoms with Crippen molar-refractivity contribution < 1.29 is 9.53 Å². The number of nitrogens with one attached hydrogen (secondary N) is 2. The number of carbonyl (C=O) groups is 1. The predicted molar refractivity (Wildman–Crippen MR) is 97.9 cm³/mol. The Morgan fingerprint density at radius 3 is 2.46 bits per heavy atom. The zero-order valence-electron chi connectivity index (χ0n) is 14.2. The normalized spacial score (nSPS) is 17.0. The van der Waals surface area contributed by atoms with Gasteiger partial charge in [0.25, 0.3) is 5.91 Å². The van der Waals surface area contributed by atoms with Gasteiger partial charge in [-0.2, -0.15) is 0 Å². The molecule has 1 aliphatic rings. The van der Waals surface area contributed by atoms with Crippen molar-refractivity contribution in [2.45, 2.75) is 38.7 Å². The second-order valence-electron chi connectivity index (χ2n) is 6.44. The Balaban J connectivity index is 1.65. The Morgan fingerprint density at radius 1 is 1.08 bits per heavy atom. The number of para-hydroxylation sites is 1. The minimum Gasteiger partial charge on any atom is -0.368 e. The van der Waals surface area contributed by atoms with E-state index in [0.29, 0.717) is 12.5 Å². The summed E-state index contributed by atoms with van der Waals surface area (Å²) in [5.74, 6) is 0.400. The SMILES string of the molecule is CC(C)c1ccccc1Nc1ccc(NC(=O)C2CCCO2)cc1. The average Bonchev–Trinajstić information content (AvgIpc) is 3.11. The molecule has 2 N–H and O–H groups in total. The van der Waals surface area contributed by atoms with Gasteiger partial charge in [0.05, 0.1) is 0 Å². The molecular weight excluding hydrogens is 300 g/mol. The molecule has 1 unspecified atom stereocenters. The maximum atomic E-state index is 12.1. The van der Waals surface area contributed by atoms with Crippen molar-refractivity contribution in [1.29, 1.82) is 0 Å². The van der Waals surface area contributed by atoms with Crippen LogP contribution >= 0.6 is 0 Å². The first-order chi connectivity index (χ1) is 11.6. The summed E-state index contributed by atoms with van der Waals surface area (Å²) in [6.07, 6.45) is 1.45. The molecule has 0 spiro atoms. The van der Waals surface area contributed by atoms with Crippen LogP contribution < -0.4 is 10.6 Å². The Labute approximate surface area is 143 Å². The molecule has 1 amide bonds. The highest BCUT2D eigenvalue weighted by Gasteiger charge is 2.23. The lowest BCUT2D eigenvalue weighted by molar-refractivity contribution is -0.124. The number of hydrogen-bond donors (Lipinski definition) is 2. The first kappa shape index (κ1) is 16.5. The summed E-state index contributed by atoms with van der Waals surface area (Å²) in [6.45, 7) is 5.05. The molecule has 4 heteroatoms. The number of carbonyl (C=O) groups excluding carboxylic acids is 1. The number of rotatable bonds is 5. The molecule has 1 heterocycles. The van der Waals surface area contributed by atoms with Crippen LogP contribution in [0.25, 0.3) is 0 Å². The maximum absolute atomic E-state index is 12.1. The lowest BCUT2D eigenvalue weighted by atomic mass is 10.0. The molecule has 1 atom stereocenters. The van der Waals surface area contributed by atoms with E-state index in [1.165, 1.54) is 5.56 Å². The van der Waals surface area contributed by atoms with E-state index in [0.717, 1.165) is 29.9 Å². The van der Waals surface area contributed by atoms with Gasteiger partial charge in [0.2, 0.25) is 0 Å². The van der Waals surface area contributed by atoms with Gasteiger partial charge < -0.3 is 15.4 Å². The van der Waals surface area contributed by atoms with Gasteiger partial charge in [-0.1, -0.05) is 32.0 Å². The van der Waals surface area contributed by atoms with Crippen molar-refractivity contribution in [3.8, 4) is 0 Å². The van der Waals surface area contributed by atoms with Crippen molar-refractivity contribution >= 4 is 23.0 Å². The van der Waals surface area contributed by atoms with Gasteiger partial charge in [0.1, 0.15) is 6.10 Å². The highest BCUT2D eigenvalue weighted by molar-refractivity contribution is 5.94. The second-order valence-corrected chi connectivity index (χ2v) is 6.44. The van der Waals surface area contributed by atoms with Crippen LogP contribution in [0.4, 0.5) is 17.1 Å². The highest BCUT2D eigenvalue weighted by atomic mass is 16.5. The summed E-state index contributed by atoms with van der Waals surface area (Å²) < 4.78 is 5.40. The smallest absolute Gasteiger partial charge is 0.253 e. The maximum Gasteiger partial charge on any atom is 0.253 e. The van der Waals surface area contributed by atoms with E-state index >= 15 is 0 Å². The number of benzene rings is 2. The van der Waals surface area contributed by atoms with Crippen LogP contribution in [0.15, 0.2) is 48.5 Å². The molecule has 0 aromatic heterocycles. The first-order valence-corrected chi connectivity index (χ1v) is 8.52. The zero-order chi connectivity index (χ0) is 16.9. The van der Waals surface area contributed by atoms with Crippen molar-refractivity contribution in [2.75, 3.05) is 17.2 Å². The van der Waals surface area contributed by atoms with Crippen molar-refractivity contribution in [2.24, 2.45) is 0 Å². The van der Waals surface area contributed by atoms with Gasteiger partial charge in [0.15, 0.2) is 0 Å². The van der Waals surface area contributed by atoms with Crippen LogP contribution in [0.3, 0.4) is 0 Å². The third-order valence-electron chi connectivity index (χ3n) is 4.24. The molecule has 1 aliphatic heterocycles. The van der Waals surface area contributed by atoms with Crippen LogP contribution in [0.2, 0.25) is 0 Å². The summed E-state index contributed by atoms with van der Waals surface area (Å²) in [5.41, 5.74) is 4.19. The second kappa shape index (κ2) is 7.49. The summed E-state index contributed by atoms with van der Waals surface area (Å²) in [5, 5.41) is 6.36. The van der Waals surface area contributed by atoms with E-state index < -0.39 is 0 Å². The van der Waals surface area contributed by atoms with Crippen molar-refractivity contribution in [3.63, 3.8) is 0 Å². The Morgan fingerprint density at radius 2 is 1.79 bits per heavy atom. The molecule has 3 rings (SSSR count). The molecule has 0 bridgehead atoms. The van der Waals surface area contributed by atoms with Crippen molar-refractivity contribution in [1.82, 2.24) is 0 Å². The first-order valence-electron chi connectivity index (χ1n) is 8.52. The molecule has 2 aromatic rings. The van der Waals surface area contributed by atoms with Gasteiger partial charge in [-0.3, -0.25) is 4.79 Å². The molecule has 2 aromatic carbocycles. The van der Waals surface area contributed by atoms with E-state index in [9.17, 15) is 4.79 Å². The molecule has 24 heavy (non-hydrogen) atoms. The summed E-state index contributed by atoms with van der Waals surface area (Å²) in [4.78, 5) is 12.1. The standard InChI is InChI=1S/C20H24N2O2/c1-14(2)17-6-3-4-7-18(17)21-15-9-11-16(12-10-15)22-20(23)19-8-5-13-24-19/h3-4,6-7,9-12,14,19,21H,5,8,13H2,1-2H3,(H,22,23). The summed E-state index contributed by atoms with van der Waals surface area (Å²) >= 11 is 0. The van der Waals surface area contributed by atoms with Gasteiger partial charge >= 0.3 is 0 Å². The van der Waals surface area contributed by atoms with Gasteiger partial charge in [0, 0.05) is 23.7 Å². The molecule has 126 valence electrons. The topological polar surface area (TPSA) is 50.4 Å². The minimum atomic E-state index is -0.305. The van der Waals surface area contributed by atoms with E-state index in [2.05, 4.69) is 42.7 Å². The van der Waals surface area contributed by atoms with E-state index in [1.54, 1.807) is 0 Å². The fraction of sp³-hybridized carbons (Fsp3) is 0.350. The molecular formula is C20H24N2O2. The summed E-state index contributed by atoms with van der Waals surface area (Å²) in [7, 11) is 0. The lowest BCUT2D eigenvalue weighted by Crippen LogP contribution is -2.26. The molecule has 1 fully saturated rings. The Hall–Kier alpha value is -2.33. The van der Waals surface area contributed by atoms with Crippen LogP contribution in [0.1, 0.15) is 38.2 Å². The number of anilines is 3. The average molecular weight is 324 g/mol. The molecule has 0 radical (unpaired) electrons. The van der Waals surface area contributed by atoms with E-state index in [-0.39, 0.29) is 12.0 Å². The third-order valence-corrected chi connectivity index (χ3v) is 4.24. The lowest BCUT2D eigenvalue weighted by Gasteiger charge is -2.15. The van der Waals surface area contributed by atoms with E-state index in [4.69, 9.17) is 4.74 Å². The fourth-order valence-electron chi connectivity index (χ4n) is 2.91. The molecule has 0 saturated carbocycles. The monoisotopic (exact) mass is 324 g/mol. The molecule has 4 nitrogen and oxygen atoms in total. The third kappa shape index (κ3) is 3.95. The minimum absolute atomic E-state index is 0.0571. The van der Waals surface area contributed by atoms with Gasteiger partial charge in [-0.15, -0.1) is 0 Å². The van der Waals surface area contributed by atoms with Gasteiger partial charge in [-0.25, -0.2) is 0 Å². The molecule has 1 saturated heterocycles. The summed E-state index contributed by atoms with van der Waals surface area (Å²) in [6, 6.07) is 16.1. The fourth-order valence-corrected chi connectivity index (χ4v) is 2.91. The van der Waals surface area contributed by atoms with E-state index in [1.807, 2.05) is 30.3 Å². The quantitative estimate of drug-likeness (QED) is 0.840. The number of amides is 1. The Kier molecular flexibility index (Phi) is 5.16. The van der Waals surface area contributed by atoms with Crippen LogP contribution in [-0.4, -0.2) is 18.6 Å². The van der Waals surface area contributed by atoms with Gasteiger partial charge in [-0.05, 0) is 54.7 Å². The van der Waals surface area contributed by atoms with Crippen LogP contribution in [0.5, 0.6) is 0 Å². The Bertz CT molecular complexity index is 689. The van der Waals surface area contributed by atoms with Crippen LogP contribution in [0, 0.1) is 0 Å². The van der Waals surface area contributed by atoms with Crippen molar-refractivity contribution in [3.05, 3.63) is 54.1 Å². The zero-order valence-corrected chi connectivity index (χ0v) is 14.2. The van der Waals surface area contributed by atoms with Crippen LogP contribution in [-0.2, 0) is 9.53 Å². The largest absolute Gasteiger partial charge is 0.368 e. The predicted octanol–water partition coefficient (Wildman–Crippen LogP) is 4.67. The number of hydrogen-bond acceptors (Lipinski definition) is 3. The number of ether oxygens (including phenoxy) is 1. The molecule has 0 aliphatic carbocycles.